The van der Waals surface area contributed by atoms with Crippen LogP contribution in [0.4, 0.5) is 5.69 Å². The summed E-state index contributed by atoms with van der Waals surface area (Å²) in [6.07, 6.45) is 5.13. The number of carbonyl (C=O) groups excluding carboxylic acids is 2. The van der Waals surface area contributed by atoms with Crippen molar-refractivity contribution >= 4 is 35.2 Å². The van der Waals surface area contributed by atoms with Crippen molar-refractivity contribution in [3.63, 3.8) is 0 Å². The van der Waals surface area contributed by atoms with Gasteiger partial charge in [0.1, 0.15) is 5.76 Å². The van der Waals surface area contributed by atoms with Crippen LogP contribution >= 0.6 is 11.8 Å². The number of benzene rings is 1. The van der Waals surface area contributed by atoms with Crippen LogP contribution in [0.25, 0.3) is 0 Å². The van der Waals surface area contributed by atoms with Crippen molar-refractivity contribution in [1.29, 1.82) is 0 Å². The Balaban J connectivity index is 1.41. The minimum atomic E-state index is -1.02. The molecule has 1 aromatic carbocycles. The van der Waals surface area contributed by atoms with Crippen LogP contribution in [0.2, 0.25) is 0 Å². The van der Waals surface area contributed by atoms with E-state index in [1.54, 1.807) is 17.0 Å². The fourth-order valence-electron chi connectivity index (χ4n) is 6.50. The van der Waals surface area contributed by atoms with E-state index in [1.165, 1.54) is 6.42 Å². The SMILES string of the molecule is Cc1ccc(N(Cl)C(=O)[C@H]2CN(C(=O)CCC(=O)O)C[C@@H]2c2noc(C3CC(CC(C)(C)C)C3)c2C2CC2)cc1. The number of carboxylic acid groups (broad SMARTS) is 1. The fourth-order valence-corrected chi connectivity index (χ4v) is 6.74. The summed E-state index contributed by atoms with van der Waals surface area (Å²) in [5.74, 6) is -0.238. The number of carbonyl (C=O) groups is 3. The van der Waals surface area contributed by atoms with E-state index in [9.17, 15) is 14.4 Å². The first-order chi connectivity index (χ1) is 18.9. The summed E-state index contributed by atoms with van der Waals surface area (Å²) in [4.78, 5) is 39.5. The summed E-state index contributed by atoms with van der Waals surface area (Å²) >= 11 is 6.60. The molecule has 216 valence electrons. The number of anilines is 1. The Morgan fingerprint density at radius 2 is 1.75 bits per heavy atom. The normalized spacial score (nSPS) is 24.6. The van der Waals surface area contributed by atoms with Gasteiger partial charge in [-0.05, 0) is 68.4 Å². The second-order valence-corrected chi connectivity index (χ2v) is 13.6. The molecule has 0 radical (unpaired) electrons. The molecule has 3 fully saturated rings. The molecular formula is C31H40ClN3O5. The quantitative estimate of drug-likeness (QED) is 0.351. The van der Waals surface area contributed by atoms with Gasteiger partial charge >= 0.3 is 5.97 Å². The van der Waals surface area contributed by atoms with Crippen molar-refractivity contribution in [2.45, 2.75) is 90.4 Å². The highest BCUT2D eigenvalue weighted by atomic mass is 35.5. The van der Waals surface area contributed by atoms with Crippen LogP contribution in [0.1, 0.15) is 106 Å². The van der Waals surface area contributed by atoms with Crippen molar-refractivity contribution in [2.75, 3.05) is 17.5 Å². The first kappa shape index (κ1) is 28.7. The summed E-state index contributed by atoms with van der Waals surface area (Å²) in [5.41, 5.74) is 3.82. The highest BCUT2D eigenvalue weighted by Gasteiger charge is 2.48. The van der Waals surface area contributed by atoms with Gasteiger partial charge in [-0.25, -0.2) is 4.42 Å². The summed E-state index contributed by atoms with van der Waals surface area (Å²) in [6, 6.07) is 7.39. The average Bonchev–Trinajstić information content (AvgIpc) is 3.46. The minimum Gasteiger partial charge on any atom is -0.481 e. The number of rotatable bonds is 9. The first-order valence-electron chi connectivity index (χ1n) is 14.5. The third kappa shape index (κ3) is 6.22. The molecule has 1 aliphatic heterocycles. The zero-order chi connectivity index (χ0) is 28.8. The number of hydrogen-bond donors (Lipinski definition) is 1. The molecule has 1 saturated heterocycles. The van der Waals surface area contributed by atoms with Gasteiger partial charge in [-0.15, -0.1) is 0 Å². The molecule has 1 N–H and O–H groups in total. The predicted octanol–water partition coefficient (Wildman–Crippen LogP) is 6.38. The van der Waals surface area contributed by atoms with E-state index >= 15 is 0 Å². The molecule has 0 unspecified atom stereocenters. The molecule has 40 heavy (non-hydrogen) atoms. The summed E-state index contributed by atoms with van der Waals surface area (Å²) < 4.78 is 7.21. The van der Waals surface area contributed by atoms with E-state index in [0.29, 0.717) is 28.9 Å². The highest BCUT2D eigenvalue weighted by molar-refractivity contribution is 6.37. The maximum atomic E-state index is 13.8. The van der Waals surface area contributed by atoms with Gasteiger partial charge in [0.25, 0.3) is 0 Å². The molecule has 3 aliphatic rings. The van der Waals surface area contributed by atoms with Crippen LogP contribution < -0.4 is 4.42 Å². The van der Waals surface area contributed by atoms with Crippen LogP contribution in [-0.4, -0.2) is 46.0 Å². The van der Waals surface area contributed by atoms with Crippen LogP contribution in [0.5, 0.6) is 0 Å². The second kappa shape index (κ2) is 11.2. The van der Waals surface area contributed by atoms with Gasteiger partial charge in [0.05, 0.1) is 23.7 Å². The lowest BCUT2D eigenvalue weighted by atomic mass is 9.66. The third-order valence-corrected chi connectivity index (χ3v) is 8.99. The third-order valence-electron chi connectivity index (χ3n) is 8.62. The number of amides is 2. The van der Waals surface area contributed by atoms with Crippen molar-refractivity contribution in [3.8, 4) is 0 Å². The average molecular weight is 570 g/mol. The number of nitrogens with zero attached hydrogens (tertiary/aromatic N) is 3. The van der Waals surface area contributed by atoms with Crippen LogP contribution in [0.15, 0.2) is 28.8 Å². The zero-order valence-electron chi connectivity index (χ0n) is 23.9. The van der Waals surface area contributed by atoms with E-state index in [-0.39, 0.29) is 43.7 Å². The number of halogens is 1. The second-order valence-electron chi connectivity index (χ2n) is 13.3. The number of aliphatic carboxylic acids is 1. The lowest BCUT2D eigenvalue weighted by molar-refractivity contribution is -0.140. The topological polar surface area (TPSA) is 104 Å². The fraction of sp³-hybridized carbons (Fsp3) is 0.613. The Labute approximate surface area is 241 Å². The number of hydrogen-bond acceptors (Lipinski definition) is 5. The lowest BCUT2D eigenvalue weighted by Gasteiger charge is -2.38. The van der Waals surface area contributed by atoms with E-state index in [1.807, 2.05) is 19.1 Å². The largest absolute Gasteiger partial charge is 0.481 e. The van der Waals surface area contributed by atoms with E-state index < -0.39 is 11.9 Å². The van der Waals surface area contributed by atoms with Gasteiger partial charge in [0.2, 0.25) is 11.8 Å². The van der Waals surface area contributed by atoms with Gasteiger partial charge < -0.3 is 14.5 Å². The molecule has 2 aliphatic carbocycles. The van der Waals surface area contributed by atoms with Crippen molar-refractivity contribution < 1.29 is 24.0 Å². The van der Waals surface area contributed by atoms with Crippen molar-refractivity contribution in [3.05, 3.63) is 46.8 Å². The number of likely N-dealkylation sites (tertiary alicyclic amines) is 1. The van der Waals surface area contributed by atoms with Crippen molar-refractivity contribution in [1.82, 2.24) is 10.1 Å². The Morgan fingerprint density at radius 1 is 1.07 bits per heavy atom. The number of carboxylic acids is 1. The van der Waals surface area contributed by atoms with Gasteiger partial charge in [-0.3, -0.25) is 14.4 Å². The van der Waals surface area contributed by atoms with Crippen LogP contribution in [-0.2, 0) is 14.4 Å². The number of aryl methyl sites for hydroxylation is 1. The Kier molecular flexibility index (Phi) is 8.01. The molecule has 2 heterocycles. The molecule has 1 aromatic heterocycles. The summed E-state index contributed by atoms with van der Waals surface area (Å²) in [5, 5.41) is 13.7. The standard InChI is InChI=1S/C31H40ClN3O5/c1-18-5-9-22(10-6-18)35(32)30(39)24-17-34(25(36)11-12-26(37)38)16-23(24)28-27(20-7-8-20)29(40-33-28)21-13-19(14-21)15-31(2,3)4/h5-6,9-10,19-21,23-24H,7-8,11-17H2,1-4H3,(H,37,38)/t19?,21?,23-,24-/m0/s1. The van der Waals surface area contributed by atoms with Gasteiger partial charge in [-0.2, -0.15) is 0 Å². The zero-order valence-corrected chi connectivity index (χ0v) is 24.6. The molecule has 0 spiro atoms. The molecule has 2 aromatic rings. The van der Waals surface area contributed by atoms with E-state index in [4.69, 9.17) is 21.4 Å². The Hall–Kier alpha value is -2.87. The lowest BCUT2D eigenvalue weighted by Crippen LogP contribution is -2.34. The molecule has 8 nitrogen and oxygen atoms in total. The van der Waals surface area contributed by atoms with Gasteiger partial charge in [-0.1, -0.05) is 43.6 Å². The number of aromatic nitrogens is 1. The molecule has 2 saturated carbocycles. The van der Waals surface area contributed by atoms with Gasteiger partial charge in [0, 0.05) is 48.7 Å². The van der Waals surface area contributed by atoms with Gasteiger partial charge in [0.15, 0.2) is 0 Å². The molecular weight excluding hydrogens is 530 g/mol. The monoisotopic (exact) mass is 569 g/mol. The molecule has 0 bridgehead atoms. The maximum absolute atomic E-state index is 13.8. The van der Waals surface area contributed by atoms with Crippen LogP contribution in [0, 0.1) is 24.2 Å². The molecule has 2 atom stereocenters. The molecule has 5 rings (SSSR count). The van der Waals surface area contributed by atoms with Crippen LogP contribution in [0.3, 0.4) is 0 Å². The molecule has 9 heteroatoms. The summed E-state index contributed by atoms with van der Waals surface area (Å²) in [7, 11) is 0. The van der Waals surface area contributed by atoms with Crippen molar-refractivity contribution in [2.24, 2.45) is 17.3 Å². The maximum Gasteiger partial charge on any atom is 0.303 e. The predicted molar refractivity (Wildman–Crippen MR) is 152 cm³/mol. The Bertz CT molecular complexity index is 1260. The van der Waals surface area contributed by atoms with E-state index in [0.717, 1.165) is 52.7 Å². The molecule has 2 amide bonds. The minimum absolute atomic E-state index is 0.109. The Morgan fingerprint density at radius 3 is 2.35 bits per heavy atom. The summed E-state index contributed by atoms with van der Waals surface area (Å²) in [6.45, 7) is 9.25. The van der Waals surface area contributed by atoms with E-state index in [2.05, 4.69) is 25.9 Å². The first-order valence-corrected chi connectivity index (χ1v) is 14.8. The smallest absolute Gasteiger partial charge is 0.303 e. The highest BCUT2D eigenvalue weighted by Crippen LogP contribution is 2.54.